The molecule has 1 aromatic rings. The van der Waals surface area contributed by atoms with E-state index in [-0.39, 0.29) is 18.5 Å². The lowest BCUT2D eigenvalue weighted by Crippen LogP contribution is -2.38. The van der Waals surface area contributed by atoms with Crippen LogP contribution in [0, 0.1) is 18.3 Å². The number of carbonyl (C=O) groups is 3. The number of carboxylic acid groups (broad SMARTS) is 1. The molecule has 2 aliphatic rings. The number of benzene rings is 1. The molecule has 2 N–H and O–H groups in total. The van der Waals surface area contributed by atoms with Gasteiger partial charge in [0.15, 0.2) is 0 Å². The lowest BCUT2D eigenvalue weighted by atomic mass is 9.81. The van der Waals surface area contributed by atoms with Gasteiger partial charge in [-0.3, -0.25) is 4.79 Å². The number of esters is 1. The first-order valence-electron chi connectivity index (χ1n) is 8.35. The second kappa shape index (κ2) is 6.38. The molecule has 0 radical (unpaired) electrons. The molecule has 0 bridgehead atoms. The molecule has 25 heavy (non-hydrogen) atoms. The maximum atomic E-state index is 12.6. The lowest BCUT2D eigenvalue weighted by Gasteiger charge is -2.23. The van der Waals surface area contributed by atoms with Gasteiger partial charge in [-0.25, -0.2) is 9.59 Å². The molecule has 0 unspecified atom stereocenters. The maximum Gasteiger partial charge on any atom is 0.338 e. The molecular formula is C18H22N2O5. The van der Waals surface area contributed by atoms with Crippen molar-refractivity contribution in [3.05, 3.63) is 29.3 Å². The normalized spacial score (nSPS) is 24.7. The number of methoxy groups -OCH3 is 1. The highest BCUT2D eigenvalue weighted by Crippen LogP contribution is 2.48. The van der Waals surface area contributed by atoms with Gasteiger partial charge < -0.3 is 20.1 Å². The van der Waals surface area contributed by atoms with Gasteiger partial charge in [0.05, 0.1) is 18.1 Å². The van der Waals surface area contributed by atoms with Gasteiger partial charge in [0.2, 0.25) is 0 Å². The summed E-state index contributed by atoms with van der Waals surface area (Å²) in [6.45, 7) is 2.47. The summed E-state index contributed by atoms with van der Waals surface area (Å²) in [5.41, 5.74) is 0.824. The SMILES string of the molecule is COC(=O)c1cc(NC(=O)N2C[C@@H]3CCC[C@@]3(C(=O)O)C2)ccc1C. The van der Waals surface area contributed by atoms with Crippen molar-refractivity contribution in [1.29, 1.82) is 0 Å². The molecule has 1 aliphatic carbocycles. The average molecular weight is 346 g/mol. The van der Waals surface area contributed by atoms with Crippen molar-refractivity contribution in [2.75, 3.05) is 25.5 Å². The van der Waals surface area contributed by atoms with E-state index in [1.54, 1.807) is 30.0 Å². The summed E-state index contributed by atoms with van der Waals surface area (Å²) in [5, 5.41) is 12.4. The van der Waals surface area contributed by atoms with Crippen LogP contribution >= 0.6 is 0 Å². The second-order valence-corrected chi connectivity index (χ2v) is 6.88. The minimum absolute atomic E-state index is 0.0133. The van der Waals surface area contributed by atoms with Crippen LogP contribution in [0.4, 0.5) is 10.5 Å². The number of likely N-dealkylation sites (tertiary alicyclic amines) is 1. The van der Waals surface area contributed by atoms with E-state index in [9.17, 15) is 19.5 Å². The molecule has 1 saturated carbocycles. The van der Waals surface area contributed by atoms with E-state index < -0.39 is 17.4 Å². The highest BCUT2D eigenvalue weighted by atomic mass is 16.5. The largest absolute Gasteiger partial charge is 0.481 e. The first-order chi connectivity index (χ1) is 11.9. The van der Waals surface area contributed by atoms with Crippen LogP contribution in [0.2, 0.25) is 0 Å². The predicted molar refractivity (Wildman–Crippen MR) is 90.5 cm³/mol. The molecule has 2 fully saturated rings. The molecule has 1 aliphatic heterocycles. The number of aryl methyl sites for hydroxylation is 1. The van der Waals surface area contributed by atoms with E-state index in [4.69, 9.17) is 4.74 Å². The van der Waals surface area contributed by atoms with E-state index in [0.717, 1.165) is 18.4 Å². The Morgan fingerprint density at radius 1 is 1.36 bits per heavy atom. The third-order valence-electron chi connectivity index (χ3n) is 5.48. The number of carboxylic acids is 1. The Balaban J connectivity index is 1.74. The number of hydrogen-bond acceptors (Lipinski definition) is 4. The Hall–Kier alpha value is -2.57. The summed E-state index contributed by atoms with van der Waals surface area (Å²) in [4.78, 5) is 37.6. The maximum absolute atomic E-state index is 12.6. The van der Waals surface area contributed by atoms with Crippen LogP contribution in [0.15, 0.2) is 18.2 Å². The number of carbonyl (C=O) groups excluding carboxylic acids is 2. The molecular weight excluding hydrogens is 324 g/mol. The standard InChI is InChI=1S/C18H22N2O5/c1-11-5-6-13(8-14(11)15(21)25-2)19-17(24)20-9-12-4-3-7-18(12,10-20)16(22)23/h5-6,8,12H,3-4,7,9-10H2,1-2H3,(H,19,24)(H,22,23)/t12-,18+/m0/s1. The number of rotatable bonds is 3. The summed E-state index contributed by atoms with van der Waals surface area (Å²) in [6, 6.07) is 4.68. The molecule has 3 rings (SSSR count). The van der Waals surface area contributed by atoms with Crippen LogP contribution in [0.3, 0.4) is 0 Å². The number of nitrogens with one attached hydrogen (secondary N) is 1. The van der Waals surface area contributed by atoms with E-state index in [2.05, 4.69) is 5.32 Å². The fraction of sp³-hybridized carbons (Fsp3) is 0.500. The molecule has 1 saturated heterocycles. The number of amides is 2. The number of anilines is 1. The van der Waals surface area contributed by atoms with Crippen molar-refractivity contribution in [3.63, 3.8) is 0 Å². The second-order valence-electron chi connectivity index (χ2n) is 6.88. The van der Waals surface area contributed by atoms with Crippen LogP contribution < -0.4 is 5.32 Å². The highest BCUT2D eigenvalue weighted by Gasteiger charge is 2.55. The third-order valence-corrected chi connectivity index (χ3v) is 5.48. The van der Waals surface area contributed by atoms with Crippen LogP contribution in [0.1, 0.15) is 35.2 Å². The number of fused-ring (bicyclic) bond motifs is 1. The molecule has 2 amide bonds. The summed E-state index contributed by atoms with van der Waals surface area (Å²) in [5.74, 6) is -1.26. The fourth-order valence-corrected chi connectivity index (χ4v) is 4.03. The topological polar surface area (TPSA) is 95.9 Å². The Kier molecular flexibility index (Phi) is 4.41. The zero-order valence-corrected chi connectivity index (χ0v) is 14.4. The first-order valence-corrected chi connectivity index (χ1v) is 8.35. The minimum atomic E-state index is -0.811. The third kappa shape index (κ3) is 2.94. The highest BCUT2D eigenvalue weighted by molar-refractivity contribution is 5.95. The molecule has 2 atom stereocenters. The number of ether oxygens (including phenoxy) is 1. The van der Waals surface area contributed by atoms with Crippen LogP contribution in [-0.4, -0.2) is 48.2 Å². The molecule has 7 heteroatoms. The quantitative estimate of drug-likeness (QED) is 0.820. The van der Waals surface area contributed by atoms with Crippen molar-refractivity contribution < 1.29 is 24.2 Å². The van der Waals surface area contributed by atoms with Crippen molar-refractivity contribution in [2.45, 2.75) is 26.2 Å². The smallest absolute Gasteiger partial charge is 0.338 e. The monoisotopic (exact) mass is 346 g/mol. The van der Waals surface area contributed by atoms with Crippen molar-refractivity contribution in [1.82, 2.24) is 4.90 Å². The van der Waals surface area contributed by atoms with Gasteiger partial charge >= 0.3 is 18.0 Å². The Morgan fingerprint density at radius 3 is 2.76 bits per heavy atom. The van der Waals surface area contributed by atoms with Gasteiger partial charge in [-0.15, -0.1) is 0 Å². The summed E-state index contributed by atoms with van der Waals surface area (Å²) in [7, 11) is 1.31. The van der Waals surface area contributed by atoms with Crippen LogP contribution in [-0.2, 0) is 9.53 Å². The Morgan fingerprint density at radius 2 is 2.12 bits per heavy atom. The fourth-order valence-electron chi connectivity index (χ4n) is 4.03. The van der Waals surface area contributed by atoms with Gasteiger partial charge in [-0.1, -0.05) is 12.5 Å². The number of hydrogen-bond donors (Lipinski definition) is 2. The molecule has 1 aromatic carbocycles. The zero-order chi connectivity index (χ0) is 18.2. The van der Waals surface area contributed by atoms with Crippen molar-refractivity contribution in [2.24, 2.45) is 11.3 Å². The van der Waals surface area contributed by atoms with Crippen molar-refractivity contribution >= 4 is 23.7 Å². The van der Waals surface area contributed by atoms with E-state index in [1.165, 1.54) is 7.11 Å². The molecule has 0 spiro atoms. The average Bonchev–Trinajstić information content (AvgIpc) is 3.14. The molecule has 7 nitrogen and oxygen atoms in total. The van der Waals surface area contributed by atoms with Gasteiger partial charge in [0, 0.05) is 18.8 Å². The Bertz CT molecular complexity index is 732. The van der Waals surface area contributed by atoms with E-state index in [0.29, 0.717) is 24.2 Å². The first kappa shape index (κ1) is 17.3. The van der Waals surface area contributed by atoms with Gasteiger partial charge in [-0.2, -0.15) is 0 Å². The molecule has 0 aromatic heterocycles. The predicted octanol–water partition coefficient (Wildman–Crippen LogP) is 2.50. The van der Waals surface area contributed by atoms with Crippen molar-refractivity contribution in [3.8, 4) is 0 Å². The van der Waals surface area contributed by atoms with Crippen LogP contribution in [0.25, 0.3) is 0 Å². The number of nitrogens with zero attached hydrogens (tertiary/aromatic N) is 1. The summed E-state index contributed by atoms with van der Waals surface area (Å²) < 4.78 is 4.74. The van der Waals surface area contributed by atoms with Gasteiger partial charge in [0.1, 0.15) is 0 Å². The summed E-state index contributed by atoms with van der Waals surface area (Å²) >= 11 is 0. The van der Waals surface area contributed by atoms with Gasteiger partial charge in [0.25, 0.3) is 0 Å². The summed E-state index contributed by atoms with van der Waals surface area (Å²) in [6.07, 6.45) is 2.35. The van der Waals surface area contributed by atoms with Gasteiger partial charge in [-0.05, 0) is 43.4 Å². The zero-order valence-electron chi connectivity index (χ0n) is 14.4. The number of urea groups is 1. The number of aliphatic carboxylic acids is 1. The van der Waals surface area contributed by atoms with E-state index in [1.807, 2.05) is 0 Å². The Labute approximate surface area is 146 Å². The molecule has 134 valence electrons. The molecule has 1 heterocycles. The van der Waals surface area contributed by atoms with E-state index >= 15 is 0 Å². The minimum Gasteiger partial charge on any atom is -0.481 e. The lowest BCUT2D eigenvalue weighted by molar-refractivity contribution is -0.149. The van der Waals surface area contributed by atoms with Crippen LogP contribution in [0.5, 0.6) is 0 Å².